The first-order valence-electron chi connectivity index (χ1n) is 15.1. The number of aromatic nitrogens is 1. The van der Waals surface area contributed by atoms with Gasteiger partial charge in [-0.05, 0) is 86.3 Å². The molecule has 3 N–H and O–H groups in total. The summed E-state index contributed by atoms with van der Waals surface area (Å²) >= 11 is 0. The molecule has 2 unspecified atom stereocenters. The van der Waals surface area contributed by atoms with E-state index in [2.05, 4.69) is 32.2 Å². The Morgan fingerprint density at radius 1 is 1.23 bits per heavy atom. The molecule has 1 saturated carbocycles. The topological polar surface area (TPSA) is 103 Å². The molecule has 1 aliphatic heterocycles. The van der Waals surface area contributed by atoms with Gasteiger partial charge in [0, 0.05) is 42.4 Å². The van der Waals surface area contributed by atoms with E-state index in [1.807, 2.05) is 67.7 Å². The molecule has 2 atom stereocenters. The molecule has 1 amide bonds. The van der Waals surface area contributed by atoms with Crippen LogP contribution in [-0.2, 0) is 6.54 Å². The number of benzene rings is 1. The number of amides is 1. The molecule has 43 heavy (non-hydrogen) atoms. The normalized spacial score (nSPS) is 21.4. The number of allylic oxidation sites excluding steroid dienone is 2. The lowest BCUT2D eigenvalue weighted by molar-refractivity contribution is 0.0935. The van der Waals surface area contributed by atoms with Crippen LogP contribution < -0.4 is 15.5 Å². The maximum atomic E-state index is 13.8. The number of carbonyl (C=O) groups excluding carboxylic acids is 1. The van der Waals surface area contributed by atoms with Crippen LogP contribution in [0.25, 0.3) is 0 Å². The number of aliphatic imine (C=N–C) groups is 1. The van der Waals surface area contributed by atoms with Crippen molar-refractivity contribution in [2.24, 2.45) is 10.9 Å². The van der Waals surface area contributed by atoms with Gasteiger partial charge in [-0.25, -0.2) is 0 Å². The molecule has 1 aromatic carbocycles. The Balaban J connectivity index is 1.40. The molecule has 0 spiro atoms. The van der Waals surface area contributed by atoms with Crippen molar-refractivity contribution in [1.29, 1.82) is 0 Å². The summed E-state index contributed by atoms with van der Waals surface area (Å²) in [6.07, 6.45) is 19.0. The van der Waals surface area contributed by atoms with Crippen molar-refractivity contribution < 1.29 is 14.3 Å². The fourth-order valence-corrected chi connectivity index (χ4v) is 5.94. The standard InChI is InChI=1S/C35H41N5O3/c1-25-19-30(41)11-8-16-37-22-28(25)21-32(31-12-6-7-17-38-31)39-35(42)27-13-14-34(33(20-27)36-2)40(23-26-15-18-43-24-26)29-9-4-3-5-10-29/h6-8,11-15,17-20,22,24-25,29,32,37,41H,2-5,9-10,16,21,23H2,1H3,(H,39,42)/b11-8-,28-22-,30-19+. The van der Waals surface area contributed by atoms with E-state index in [4.69, 9.17) is 4.42 Å². The Hall–Kier alpha value is -4.59. The van der Waals surface area contributed by atoms with Crippen molar-refractivity contribution in [3.63, 3.8) is 0 Å². The predicted octanol–water partition coefficient (Wildman–Crippen LogP) is 7.33. The van der Waals surface area contributed by atoms with E-state index in [1.54, 1.807) is 24.8 Å². The molecule has 0 saturated heterocycles. The van der Waals surface area contributed by atoms with E-state index >= 15 is 0 Å². The van der Waals surface area contributed by atoms with E-state index in [1.165, 1.54) is 19.3 Å². The molecule has 2 aromatic heterocycles. The maximum absolute atomic E-state index is 13.8. The number of carbonyl (C=O) groups is 1. The smallest absolute Gasteiger partial charge is 0.251 e. The average molecular weight is 580 g/mol. The maximum Gasteiger partial charge on any atom is 0.251 e. The molecule has 1 fully saturated rings. The molecular formula is C35H41N5O3. The van der Waals surface area contributed by atoms with Gasteiger partial charge in [0.25, 0.3) is 5.91 Å². The van der Waals surface area contributed by atoms with Gasteiger partial charge in [-0.2, -0.15) is 0 Å². The van der Waals surface area contributed by atoms with Gasteiger partial charge in [-0.3, -0.25) is 14.8 Å². The molecule has 2 aliphatic rings. The third kappa shape index (κ3) is 7.83. The SMILES string of the molecule is C=Nc1cc(C(=O)NC(C/C2=C/NC/C=C\C(O)=C/C2C)c2ccccn2)ccc1N(Cc1ccoc1)C1CCCCC1. The summed E-state index contributed by atoms with van der Waals surface area (Å²) < 4.78 is 5.36. The number of aliphatic hydroxyl groups excluding tert-OH is 1. The summed E-state index contributed by atoms with van der Waals surface area (Å²) in [5, 5.41) is 16.8. The van der Waals surface area contributed by atoms with Gasteiger partial charge in [-0.1, -0.05) is 38.3 Å². The highest BCUT2D eigenvalue weighted by Gasteiger charge is 2.26. The molecule has 8 nitrogen and oxygen atoms in total. The molecule has 8 heteroatoms. The van der Waals surface area contributed by atoms with Crippen LogP contribution in [0, 0.1) is 5.92 Å². The Morgan fingerprint density at radius 2 is 2.09 bits per heavy atom. The highest BCUT2D eigenvalue weighted by Crippen LogP contribution is 2.36. The van der Waals surface area contributed by atoms with Crippen molar-refractivity contribution in [3.8, 4) is 0 Å². The molecule has 5 rings (SSSR count). The van der Waals surface area contributed by atoms with E-state index in [-0.39, 0.29) is 23.6 Å². The first-order valence-corrected chi connectivity index (χ1v) is 15.1. The van der Waals surface area contributed by atoms with Gasteiger partial charge in [0.1, 0.15) is 5.76 Å². The van der Waals surface area contributed by atoms with Gasteiger partial charge < -0.3 is 25.1 Å². The van der Waals surface area contributed by atoms with Gasteiger partial charge >= 0.3 is 0 Å². The van der Waals surface area contributed by atoms with Gasteiger partial charge in [0.05, 0.1) is 35.6 Å². The third-order valence-electron chi connectivity index (χ3n) is 8.27. The van der Waals surface area contributed by atoms with E-state index in [9.17, 15) is 9.90 Å². The lowest BCUT2D eigenvalue weighted by atomic mass is 9.92. The summed E-state index contributed by atoms with van der Waals surface area (Å²) in [5.41, 5.74) is 5.06. The molecule has 3 heterocycles. The minimum absolute atomic E-state index is 0.0461. The quantitative estimate of drug-likeness (QED) is 0.217. The van der Waals surface area contributed by atoms with E-state index < -0.39 is 0 Å². The summed E-state index contributed by atoms with van der Waals surface area (Å²) in [7, 11) is 0. The highest BCUT2D eigenvalue weighted by atomic mass is 16.3. The molecule has 1 aliphatic carbocycles. The van der Waals surface area contributed by atoms with Crippen LogP contribution in [0.3, 0.4) is 0 Å². The fraction of sp³-hybridized carbons (Fsp3) is 0.343. The Labute approximate surface area is 253 Å². The molecular weight excluding hydrogens is 538 g/mol. The third-order valence-corrected chi connectivity index (χ3v) is 8.27. The van der Waals surface area contributed by atoms with Gasteiger partial charge in [0.2, 0.25) is 0 Å². The Kier molecular flexibility index (Phi) is 10.1. The van der Waals surface area contributed by atoms with Crippen LogP contribution in [0.15, 0.2) is 106 Å². The molecule has 0 radical (unpaired) electrons. The van der Waals surface area contributed by atoms with Crippen molar-refractivity contribution in [3.05, 3.63) is 114 Å². The zero-order valence-electron chi connectivity index (χ0n) is 24.8. The number of nitrogens with zero attached hydrogens (tertiary/aromatic N) is 3. The van der Waals surface area contributed by atoms with Crippen LogP contribution in [0.2, 0.25) is 0 Å². The number of furan rings is 1. The number of anilines is 1. The lowest BCUT2D eigenvalue weighted by Gasteiger charge is -2.36. The summed E-state index contributed by atoms with van der Waals surface area (Å²) in [4.78, 5) is 25.1. The predicted molar refractivity (Wildman–Crippen MR) is 172 cm³/mol. The molecule has 3 aromatic rings. The summed E-state index contributed by atoms with van der Waals surface area (Å²) in [6.45, 7) is 7.19. The first kappa shape index (κ1) is 29.9. The molecule has 0 bridgehead atoms. The number of hydrogen-bond donors (Lipinski definition) is 3. The minimum atomic E-state index is -0.381. The number of rotatable bonds is 10. The highest BCUT2D eigenvalue weighted by molar-refractivity contribution is 5.96. The van der Waals surface area contributed by atoms with Crippen LogP contribution in [0.5, 0.6) is 0 Å². The summed E-state index contributed by atoms with van der Waals surface area (Å²) in [6, 6.07) is 13.4. The van der Waals surface area contributed by atoms with E-state index in [0.717, 1.165) is 35.4 Å². The Morgan fingerprint density at radius 3 is 2.84 bits per heavy atom. The zero-order chi connectivity index (χ0) is 30.0. The number of nitrogens with one attached hydrogen (secondary N) is 2. The van der Waals surface area contributed by atoms with Crippen molar-refractivity contribution in [1.82, 2.24) is 15.6 Å². The van der Waals surface area contributed by atoms with Crippen LogP contribution in [0.4, 0.5) is 11.4 Å². The second kappa shape index (κ2) is 14.5. The minimum Gasteiger partial charge on any atom is -0.508 e. The van der Waals surface area contributed by atoms with Gasteiger partial charge in [-0.15, -0.1) is 0 Å². The van der Waals surface area contributed by atoms with Crippen molar-refractivity contribution >= 4 is 24.0 Å². The Bertz CT molecular complexity index is 1460. The van der Waals surface area contributed by atoms with Crippen LogP contribution in [0.1, 0.15) is 73.1 Å². The molecule has 224 valence electrons. The number of pyridine rings is 1. The zero-order valence-corrected chi connectivity index (χ0v) is 24.8. The number of hydrogen-bond acceptors (Lipinski definition) is 7. The van der Waals surface area contributed by atoms with Crippen molar-refractivity contribution in [2.75, 3.05) is 11.4 Å². The average Bonchev–Trinajstić information content (AvgIpc) is 3.57. The van der Waals surface area contributed by atoms with Gasteiger partial charge in [0.15, 0.2) is 0 Å². The number of aliphatic hydroxyl groups is 1. The van der Waals surface area contributed by atoms with E-state index in [0.29, 0.717) is 36.8 Å². The fourth-order valence-electron chi connectivity index (χ4n) is 5.94. The van der Waals surface area contributed by atoms with Crippen LogP contribution in [-0.4, -0.2) is 35.3 Å². The second-order valence-electron chi connectivity index (χ2n) is 11.3. The van der Waals surface area contributed by atoms with Crippen molar-refractivity contribution in [2.45, 2.75) is 64.1 Å². The first-order chi connectivity index (χ1) is 21.0. The summed E-state index contributed by atoms with van der Waals surface area (Å²) in [5.74, 6) is -0.0363. The second-order valence-corrected chi connectivity index (χ2v) is 11.3. The lowest BCUT2D eigenvalue weighted by Crippen LogP contribution is -2.36. The monoisotopic (exact) mass is 579 g/mol. The van der Waals surface area contributed by atoms with Crippen LogP contribution >= 0.6 is 0 Å². The largest absolute Gasteiger partial charge is 0.508 e.